The number of aromatic carboxylic acids is 1. The van der Waals surface area contributed by atoms with Gasteiger partial charge in [0.2, 0.25) is 5.43 Å². The van der Waals surface area contributed by atoms with E-state index in [4.69, 9.17) is 17.3 Å². The highest BCUT2D eigenvalue weighted by atomic mass is 35.5. The third-order valence-electron chi connectivity index (χ3n) is 4.29. The maximum atomic E-state index is 14.3. The molecule has 28 heavy (non-hydrogen) atoms. The molecule has 0 atom stereocenters. The normalized spacial score (nSPS) is 11.0. The van der Waals surface area contributed by atoms with Gasteiger partial charge in [-0.25, -0.2) is 13.6 Å². The predicted molar refractivity (Wildman–Crippen MR) is 101 cm³/mol. The van der Waals surface area contributed by atoms with E-state index in [2.05, 4.69) is 5.32 Å². The molecule has 3 aromatic rings. The lowest BCUT2D eigenvalue weighted by molar-refractivity contribution is 0.0695. The topological polar surface area (TPSA) is 118 Å². The number of halogens is 3. The second-order valence-electron chi connectivity index (χ2n) is 5.90. The molecule has 1 heterocycles. The van der Waals surface area contributed by atoms with Crippen LogP contribution in [0.2, 0.25) is 5.02 Å². The van der Waals surface area contributed by atoms with Crippen molar-refractivity contribution in [1.29, 1.82) is 0 Å². The van der Waals surface area contributed by atoms with Crippen molar-refractivity contribution >= 4 is 39.8 Å². The van der Waals surface area contributed by atoms with Gasteiger partial charge in [0.15, 0.2) is 0 Å². The molecule has 0 aliphatic carbocycles. The Morgan fingerprint density at radius 1 is 1.29 bits per heavy atom. The number of nitrogens with one attached hydrogen (secondary N) is 1. The largest absolute Gasteiger partial charge is 0.477 e. The highest BCUT2D eigenvalue weighted by molar-refractivity contribution is 6.38. The van der Waals surface area contributed by atoms with Crippen molar-refractivity contribution in [2.45, 2.75) is 6.61 Å². The number of aromatic nitrogens is 1. The Morgan fingerprint density at radius 2 is 1.96 bits per heavy atom. The fourth-order valence-electron chi connectivity index (χ4n) is 2.96. The Hall–Kier alpha value is -3.17. The summed E-state index contributed by atoms with van der Waals surface area (Å²) in [5.74, 6) is -3.19. The third kappa shape index (κ3) is 2.94. The number of benzene rings is 2. The van der Waals surface area contributed by atoms with Crippen LogP contribution in [0.1, 0.15) is 15.9 Å². The number of anilines is 2. The molecule has 1 aromatic heterocycles. The van der Waals surface area contributed by atoms with Gasteiger partial charge in [0.1, 0.15) is 17.2 Å². The van der Waals surface area contributed by atoms with Crippen LogP contribution in [0.3, 0.4) is 0 Å². The van der Waals surface area contributed by atoms with Crippen molar-refractivity contribution in [3.63, 3.8) is 0 Å². The van der Waals surface area contributed by atoms with Crippen LogP contribution in [0, 0.1) is 11.6 Å². The molecule has 3 rings (SSSR count). The van der Waals surface area contributed by atoms with Crippen LogP contribution < -0.4 is 16.5 Å². The highest BCUT2D eigenvalue weighted by Crippen LogP contribution is 2.35. The van der Waals surface area contributed by atoms with Gasteiger partial charge >= 0.3 is 5.97 Å². The minimum Gasteiger partial charge on any atom is -0.477 e. The number of carbonyl (C=O) groups is 1. The number of rotatable bonds is 4. The zero-order valence-electron chi connectivity index (χ0n) is 14.4. The van der Waals surface area contributed by atoms with Crippen LogP contribution >= 0.6 is 11.6 Å². The quantitative estimate of drug-likeness (QED) is 0.492. The number of nitrogen functional groups attached to an aromatic ring is 1. The maximum Gasteiger partial charge on any atom is 0.341 e. The number of aliphatic hydroxyl groups is 1. The Morgan fingerprint density at radius 3 is 2.54 bits per heavy atom. The molecule has 0 radical (unpaired) electrons. The van der Waals surface area contributed by atoms with Crippen LogP contribution in [0.5, 0.6) is 0 Å². The van der Waals surface area contributed by atoms with E-state index < -0.39 is 35.2 Å². The zero-order valence-corrected chi connectivity index (χ0v) is 15.1. The molecule has 0 saturated carbocycles. The average molecular weight is 410 g/mol. The molecule has 0 amide bonds. The smallest absolute Gasteiger partial charge is 0.341 e. The number of nitrogens with two attached hydrogens (primary N) is 1. The summed E-state index contributed by atoms with van der Waals surface area (Å²) in [5.41, 5.74) is 3.74. The van der Waals surface area contributed by atoms with Crippen LogP contribution in [-0.2, 0) is 6.61 Å². The second-order valence-corrected chi connectivity index (χ2v) is 6.28. The molecule has 0 saturated heterocycles. The molecule has 0 unspecified atom stereocenters. The maximum absolute atomic E-state index is 14.3. The SMILES string of the molecule is CNc1c(F)cc2c(=O)c(C(=O)O)cn(-c3cc(N)c(F)cc3CO)c2c1Cl. The minimum absolute atomic E-state index is 0.0249. The van der Waals surface area contributed by atoms with E-state index in [1.54, 1.807) is 0 Å². The second kappa shape index (κ2) is 7.10. The van der Waals surface area contributed by atoms with Crippen LogP contribution in [0.15, 0.2) is 29.2 Å². The monoisotopic (exact) mass is 409 g/mol. The Bertz CT molecular complexity index is 1190. The number of nitrogens with zero attached hydrogens (tertiary/aromatic N) is 1. The lowest BCUT2D eigenvalue weighted by Gasteiger charge is -2.19. The summed E-state index contributed by atoms with van der Waals surface area (Å²) in [5, 5.41) is 21.1. The van der Waals surface area contributed by atoms with Gasteiger partial charge in [-0.1, -0.05) is 11.6 Å². The molecule has 2 aromatic carbocycles. The molecule has 146 valence electrons. The van der Waals surface area contributed by atoms with Gasteiger partial charge in [0, 0.05) is 18.8 Å². The summed E-state index contributed by atoms with van der Waals surface area (Å²) in [6.45, 7) is -0.611. The third-order valence-corrected chi connectivity index (χ3v) is 4.66. The number of carboxylic acid groups (broad SMARTS) is 1. The summed E-state index contributed by atoms with van der Waals surface area (Å²) in [6, 6.07) is 3.00. The molecule has 7 nitrogen and oxygen atoms in total. The Labute approximate surface area is 161 Å². The number of hydrogen-bond donors (Lipinski definition) is 4. The first-order chi connectivity index (χ1) is 13.2. The first-order valence-electron chi connectivity index (χ1n) is 7.88. The van der Waals surface area contributed by atoms with E-state index in [0.29, 0.717) is 0 Å². The molecule has 0 fully saturated rings. The summed E-state index contributed by atoms with van der Waals surface area (Å²) >= 11 is 6.30. The fourth-order valence-corrected chi connectivity index (χ4v) is 3.33. The van der Waals surface area contributed by atoms with Gasteiger partial charge in [-0.05, 0) is 18.2 Å². The lowest BCUT2D eigenvalue weighted by Crippen LogP contribution is -2.20. The van der Waals surface area contributed by atoms with Gasteiger partial charge in [-0.3, -0.25) is 4.79 Å². The van der Waals surface area contributed by atoms with Crippen molar-refractivity contribution in [2.24, 2.45) is 0 Å². The molecule has 0 aliphatic heterocycles. The number of hydrogen-bond acceptors (Lipinski definition) is 5. The van der Waals surface area contributed by atoms with Gasteiger partial charge < -0.3 is 25.8 Å². The molecular weight excluding hydrogens is 396 g/mol. The van der Waals surface area contributed by atoms with Crippen LogP contribution in [0.4, 0.5) is 20.2 Å². The first kappa shape index (κ1) is 19.6. The van der Waals surface area contributed by atoms with Crippen LogP contribution in [-0.4, -0.2) is 27.8 Å². The van der Waals surface area contributed by atoms with E-state index in [-0.39, 0.29) is 38.6 Å². The minimum atomic E-state index is -1.55. The number of aliphatic hydroxyl groups excluding tert-OH is 1. The standard InChI is InChI=1S/C18H14ClF2N3O4/c1-23-15-11(21)3-8-16(14(15)19)24(5-9(17(8)26)18(27)28)13-4-12(22)10(20)2-7(13)6-25/h2-5,23,25H,6,22H2,1H3,(H,27,28). The summed E-state index contributed by atoms with van der Waals surface area (Å²) < 4.78 is 29.3. The molecule has 0 bridgehead atoms. The Kier molecular flexibility index (Phi) is 4.97. The number of pyridine rings is 1. The molecule has 0 spiro atoms. The van der Waals surface area contributed by atoms with Crippen LogP contribution in [0.25, 0.3) is 16.6 Å². The van der Waals surface area contributed by atoms with Crippen molar-refractivity contribution < 1.29 is 23.8 Å². The average Bonchev–Trinajstić information content (AvgIpc) is 2.64. The summed E-state index contributed by atoms with van der Waals surface area (Å²) in [7, 11) is 1.42. The van der Waals surface area contributed by atoms with Gasteiger partial charge in [-0.2, -0.15) is 0 Å². The molecule has 5 N–H and O–H groups in total. The van der Waals surface area contributed by atoms with E-state index in [1.807, 2.05) is 0 Å². The van der Waals surface area contributed by atoms with Crippen molar-refractivity contribution in [1.82, 2.24) is 4.57 Å². The van der Waals surface area contributed by atoms with Crippen molar-refractivity contribution in [3.05, 3.63) is 62.4 Å². The summed E-state index contributed by atoms with van der Waals surface area (Å²) in [6.07, 6.45) is 0.974. The molecule has 0 aliphatic rings. The van der Waals surface area contributed by atoms with Crippen molar-refractivity contribution in [3.8, 4) is 5.69 Å². The lowest BCUT2D eigenvalue weighted by atomic mass is 10.1. The Balaban J connectivity index is 2.60. The van der Waals surface area contributed by atoms with E-state index in [0.717, 1.165) is 24.4 Å². The van der Waals surface area contributed by atoms with E-state index in [9.17, 15) is 28.6 Å². The van der Waals surface area contributed by atoms with Crippen molar-refractivity contribution in [2.75, 3.05) is 18.1 Å². The molecular formula is C18H14ClF2N3O4. The predicted octanol–water partition coefficient (Wildman–Crippen LogP) is 2.74. The van der Waals surface area contributed by atoms with Gasteiger partial charge in [0.05, 0.1) is 39.6 Å². The van der Waals surface area contributed by atoms with E-state index in [1.165, 1.54) is 11.6 Å². The zero-order chi connectivity index (χ0) is 20.7. The summed E-state index contributed by atoms with van der Waals surface area (Å²) in [4.78, 5) is 24.1. The van der Waals surface area contributed by atoms with Gasteiger partial charge in [-0.15, -0.1) is 0 Å². The fraction of sp³-hybridized carbons (Fsp3) is 0.111. The van der Waals surface area contributed by atoms with Gasteiger partial charge in [0.25, 0.3) is 0 Å². The number of carboxylic acids is 1. The number of fused-ring (bicyclic) bond motifs is 1. The highest BCUT2D eigenvalue weighted by Gasteiger charge is 2.22. The molecule has 10 heteroatoms. The first-order valence-corrected chi connectivity index (χ1v) is 8.26. The van der Waals surface area contributed by atoms with E-state index >= 15 is 0 Å².